The van der Waals surface area contributed by atoms with Gasteiger partial charge < -0.3 is 15.1 Å². The molecule has 118 valence electrons. The van der Waals surface area contributed by atoms with Crippen LogP contribution in [-0.4, -0.2) is 62.2 Å². The second-order valence-electron chi connectivity index (χ2n) is 7.01. The van der Waals surface area contributed by atoms with Crippen LogP contribution in [0.1, 0.15) is 46.5 Å². The van der Waals surface area contributed by atoms with Crippen LogP contribution in [-0.2, 0) is 0 Å². The first-order chi connectivity index (χ1) is 9.71. The van der Waals surface area contributed by atoms with Gasteiger partial charge in [0.1, 0.15) is 0 Å². The van der Waals surface area contributed by atoms with Gasteiger partial charge in [-0.1, -0.05) is 20.8 Å². The van der Waals surface area contributed by atoms with Gasteiger partial charge in [-0.15, -0.1) is 0 Å². The summed E-state index contributed by atoms with van der Waals surface area (Å²) in [7, 11) is 0. The van der Waals surface area contributed by atoms with E-state index in [2.05, 4.69) is 35.9 Å². The summed E-state index contributed by atoms with van der Waals surface area (Å²) in [4.78, 5) is 5.41. The molecule has 1 heterocycles. The van der Waals surface area contributed by atoms with Crippen molar-refractivity contribution in [1.82, 2.24) is 15.1 Å². The van der Waals surface area contributed by atoms with E-state index >= 15 is 0 Å². The van der Waals surface area contributed by atoms with E-state index in [0.717, 1.165) is 12.5 Å². The third kappa shape index (κ3) is 4.71. The first-order valence-corrected chi connectivity index (χ1v) is 8.86. The molecule has 2 aliphatic rings. The lowest BCUT2D eigenvalue weighted by atomic mass is 9.81. The van der Waals surface area contributed by atoms with Crippen molar-refractivity contribution in [3.05, 3.63) is 0 Å². The van der Waals surface area contributed by atoms with Gasteiger partial charge in [-0.2, -0.15) is 0 Å². The molecule has 0 unspecified atom stereocenters. The molecule has 1 N–H and O–H groups in total. The van der Waals surface area contributed by atoms with Crippen molar-refractivity contribution >= 4 is 0 Å². The van der Waals surface area contributed by atoms with E-state index in [0.29, 0.717) is 5.41 Å². The maximum Gasteiger partial charge on any atom is 0.0110 e. The number of piperazine rings is 1. The summed E-state index contributed by atoms with van der Waals surface area (Å²) in [6.07, 6.45) is 5.55. The molecule has 0 spiro atoms. The molecule has 1 aliphatic heterocycles. The van der Waals surface area contributed by atoms with E-state index in [9.17, 15) is 0 Å². The molecule has 1 saturated heterocycles. The van der Waals surface area contributed by atoms with Gasteiger partial charge in [0.05, 0.1) is 0 Å². The van der Waals surface area contributed by atoms with Crippen LogP contribution in [0.2, 0.25) is 0 Å². The molecular formula is C17H35N3. The molecule has 3 heteroatoms. The Morgan fingerprint density at radius 1 is 0.950 bits per heavy atom. The van der Waals surface area contributed by atoms with E-state index in [4.69, 9.17) is 0 Å². The number of nitrogens with zero attached hydrogens (tertiary/aromatic N) is 2. The highest BCUT2D eigenvalue weighted by Crippen LogP contribution is 2.31. The Hall–Kier alpha value is -0.120. The maximum atomic E-state index is 3.59. The van der Waals surface area contributed by atoms with Crippen molar-refractivity contribution in [2.24, 2.45) is 11.3 Å². The molecule has 0 aromatic rings. The Morgan fingerprint density at radius 2 is 1.55 bits per heavy atom. The predicted octanol–water partition coefficient (Wildman–Crippen LogP) is 2.43. The van der Waals surface area contributed by atoms with Crippen molar-refractivity contribution in [2.75, 3.05) is 52.4 Å². The van der Waals surface area contributed by atoms with Crippen LogP contribution in [0.5, 0.6) is 0 Å². The summed E-state index contributed by atoms with van der Waals surface area (Å²) < 4.78 is 0. The van der Waals surface area contributed by atoms with Crippen LogP contribution in [0.25, 0.3) is 0 Å². The monoisotopic (exact) mass is 281 g/mol. The Bertz CT molecular complexity index is 263. The first kappa shape index (κ1) is 16.3. The number of rotatable bonds is 9. The van der Waals surface area contributed by atoms with Crippen molar-refractivity contribution in [3.8, 4) is 0 Å². The fourth-order valence-electron chi connectivity index (χ4n) is 3.44. The van der Waals surface area contributed by atoms with E-state index in [-0.39, 0.29) is 0 Å². The Morgan fingerprint density at radius 3 is 2.05 bits per heavy atom. The molecule has 0 atom stereocenters. The molecule has 0 aromatic heterocycles. The van der Waals surface area contributed by atoms with Gasteiger partial charge in [-0.05, 0) is 43.6 Å². The SMILES string of the molecule is CCNCC(CC)(CC)CN1CCN(CC2CC2)CC1. The van der Waals surface area contributed by atoms with Crippen LogP contribution in [0.3, 0.4) is 0 Å². The first-order valence-electron chi connectivity index (χ1n) is 8.86. The topological polar surface area (TPSA) is 18.5 Å². The molecule has 2 fully saturated rings. The van der Waals surface area contributed by atoms with Crippen LogP contribution in [0.4, 0.5) is 0 Å². The third-order valence-electron chi connectivity index (χ3n) is 5.49. The Kier molecular flexibility index (Phi) is 6.31. The largest absolute Gasteiger partial charge is 0.316 e. The normalized spacial score (nSPS) is 22.4. The zero-order valence-corrected chi connectivity index (χ0v) is 14.0. The zero-order valence-electron chi connectivity index (χ0n) is 14.0. The van der Waals surface area contributed by atoms with Gasteiger partial charge in [0.2, 0.25) is 0 Å². The molecule has 2 rings (SSSR count). The van der Waals surface area contributed by atoms with Gasteiger partial charge in [0, 0.05) is 45.8 Å². The second-order valence-corrected chi connectivity index (χ2v) is 7.01. The third-order valence-corrected chi connectivity index (χ3v) is 5.49. The van der Waals surface area contributed by atoms with Crippen molar-refractivity contribution in [1.29, 1.82) is 0 Å². The van der Waals surface area contributed by atoms with Crippen molar-refractivity contribution in [2.45, 2.75) is 46.5 Å². The minimum Gasteiger partial charge on any atom is -0.316 e. The summed E-state index contributed by atoms with van der Waals surface area (Å²) >= 11 is 0. The smallest absolute Gasteiger partial charge is 0.0110 e. The lowest BCUT2D eigenvalue weighted by molar-refractivity contribution is 0.0766. The van der Waals surface area contributed by atoms with Gasteiger partial charge >= 0.3 is 0 Å². The maximum absolute atomic E-state index is 3.59. The van der Waals surface area contributed by atoms with Crippen molar-refractivity contribution < 1.29 is 0 Å². The molecule has 1 aliphatic carbocycles. The molecule has 0 radical (unpaired) electrons. The Balaban J connectivity index is 1.75. The van der Waals surface area contributed by atoms with E-state index in [1.807, 2.05) is 0 Å². The minimum absolute atomic E-state index is 0.481. The summed E-state index contributed by atoms with van der Waals surface area (Å²) in [6, 6.07) is 0. The highest BCUT2D eigenvalue weighted by molar-refractivity contribution is 4.86. The van der Waals surface area contributed by atoms with E-state index in [1.54, 1.807) is 0 Å². The molecular weight excluding hydrogens is 246 g/mol. The lowest BCUT2D eigenvalue weighted by Crippen LogP contribution is -2.51. The lowest BCUT2D eigenvalue weighted by Gasteiger charge is -2.41. The molecule has 0 bridgehead atoms. The minimum atomic E-state index is 0.481. The number of nitrogens with one attached hydrogen (secondary N) is 1. The van der Waals surface area contributed by atoms with Crippen molar-refractivity contribution in [3.63, 3.8) is 0 Å². The van der Waals surface area contributed by atoms with Crippen LogP contribution >= 0.6 is 0 Å². The second kappa shape index (κ2) is 7.77. The fraction of sp³-hybridized carbons (Fsp3) is 1.00. The molecule has 0 aromatic carbocycles. The average Bonchev–Trinajstić information content (AvgIpc) is 3.29. The van der Waals surface area contributed by atoms with E-state index in [1.165, 1.54) is 71.5 Å². The van der Waals surface area contributed by atoms with Gasteiger partial charge in [-0.25, -0.2) is 0 Å². The number of hydrogen-bond donors (Lipinski definition) is 1. The Labute approximate surface area is 126 Å². The van der Waals surface area contributed by atoms with E-state index < -0.39 is 0 Å². The van der Waals surface area contributed by atoms with Crippen LogP contribution in [0, 0.1) is 11.3 Å². The molecule has 3 nitrogen and oxygen atoms in total. The van der Waals surface area contributed by atoms with Crippen LogP contribution < -0.4 is 5.32 Å². The predicted molar refractivity (Wildman–Crippen MR) is 87.2 cm³/mol. The molecule has 20 heavy (non-hydrogen) atoms. The van der Waals surface area contributed by atoms with Gasteiger partial charge in [0.15, 0.2) is 0 Å². The fourth-order valence-corrected chi connectivity index (χ4v) is 3.44. The summed E-state index contributed by atoms with van der Waals surface area (Å²) in [5.41, 5.74) is 0.481. The molecule has 1 saturated carbocycles. The summed E-state index contributed by atoms with van der Waals surface area (Å²) in [5.74, 6) is 1.04. The quantitative estimate of drug-likeness (QED) is 0.700. The summed E-state index contributed by atoms with van der Waals surface area (Å²) in [6.45, 7) is 17.0. The molecule has 0 amide bonds. The number of hydrogen-bond acceptors (Lipinski definition) is 3. The highest BCUT2D eigenvalue weighted by atomic mass is 15.3. The standard InChI is InChI=1S/C17H35N3/c1-4-17(5-2,14-18-6-3)15-20-11-9-19(10-12-20)13-16-7-8-16/h16,18H,4-15H2,1-3H3. The average molecular weight is 281 g/mol. The zero-order chi connectivity index (χ0) is 14.4. The van der Waals surface area contributed by atoms with Crippen LogP contribution in [0.15, 0.2) is 0 Å². The van der Waals surface area contributed by atoms with Gasteiger partial charge in [-0.3, -0.25) is 0 Å². The summed E-state index contributed by atoms with van der Waals surface area (Å²) in [5, 5.41) is 3.59. The highest BCUT2D eigenvalue weighted by Gasteiger charge is 2.31. The van der Waals surface area contributed by atoms with Gasteiger partial charge in [0.25, 0.3) is 0 Å².